The highest BCUT2D eigenvalue weighted by Crippen LogP contribution is 2.15. The summed E-state index contributed by atoms with van der Waals surface area (Å²) in [6.45, 7) is 2.04. The largest absolute Gasteiger partial charge is 0.328 e. The summed E-state index contributed by atoms with van der Waals surface area (Å²) in [6, 6.07) is 2.24. The van der Waals surface area contributed by atoms with Crippen LogP contribution in [-0.4, -0.2) is 21.8 Å². The summed E-state index contributed by atoms with van der Waals surface area (Å²) in [7, 11) is 0. The average molecular weight is 197 g/mol. The van der Waals surface area contributed by atoms with E-state index in [0.29, 0.717) is 6.04 Å². The second-order valence-electron chi connectivity index (χ2n) is 3.02. The van der Waals surface area contributed by atoms with Crippen LogP contribution >= 0.6 is 11.8 Å². The number of aromatic nitrogens is 2. The number of rotatable bonds is 5. The Hall–Kier alpha value is -0.610. The quantitative estimate of drug-likeness (QED) is 0.443. The Kier molecular flexibility index (Phi) is 4.78. The van der Waals surface area contributed by atoms with Crippen LogP contribution in [0.1, 0.15) is 19.8 Å². The number of hydrogen-bond donors (Lipinski definition) is 1. The van der Waals surface area contributed by atoms with E-state index in [4.69, 9.17) is 5.73 Å². The molecule has 0 saturated heterocycles. The number of thioether (sulfide) groups is 1. The normalized spacial score (nSPS) is 12.8. The minimum absolute atomic E-state index is 0.311. The van der Waals surface area contributed by atoms with Crippen LogP contribution in [0.4, 0.5) is 0 Å². The lowest BCUT2D eigenvalue weighted by Gasteiger charge is -2.03. The molecule has 1 aromatic heterocycles. The Morgan fingerprint density at radius 3 is 3.08 bits per heavy atom. The first kappa shape index (κ1) is 10.5. The minimum Gasteiger partial charge on any atom is -0.328 e. The van der Waals surface area contributed by atoms with E-state index in [1.807, 2.05) is 13.0 Å². The zero-order chi connectivity index (χ0) is 9.52. The molecule has 0 bridgehead atoms. The molecule has 72 valence electrons. The molecule has 0 aliphatic rings. The van der Waals surface area contributed by atoms with Crippen molar-refractivity contribution in [3.05, 3.63) is 18.6 Å². The van der Waals surface area contributed by atoms with Crippen molar-refractivity contribution in [3.8, 4) is 0 Å². The Balaban J connectivity index is 2.13. The highest BCUT2D eigenvalue weighted by Gasteiger charge is 1.96. The van der Waals surface area contributed by atoms with Crippen LogP contribution < -0.4 is 5.73 Å². The molecular weight excluding hydrogens is 182 g/mol. The molecule has 1 rings (SSSR count). The van der Waals surface area contributed by atoms with Gasteiger partial charge < -0.3 is 5.73 Å². The predicted molar refractivity (Wildman–Crippen MR) is 55.6 cm³/mol. The topological polar surface area (TPSA) is 51.8 Å². The number of nitrogens with zero attached hydrogens (tertiary/aromatic N) is 2. The van der Waals surface area contributed by atoms with Crippen molar-refractivity contribution < 1.29 is 0 Å². The monoisotopic (exact) mass is 197 g/mol. The van der Waals surface area contributed by atoms with Crippen LogP contribution in [0.3, 0.4) is 0 Å². The lowest BCUT2D eigenvalue weighted by Crippen LogP contribution is -2.14. The first-order valence-electron chi connectivity index (χ1n) is 4.43. The van der Waals surface area contributed by atoms with Crippen LogP contribution in [-0.2, 0) is 0 Å². The fourth-order valence-corrected chi connectivity index (χ4v) is 1.74. The molecule has 1 aromatic rings. The molecule has 4 heteroatoms. The van der Waals surface area contributed by atoms with E-state index in [2.05, 4.69) is 9.97 Å². The van der Waals surface area contributed by atoms with Crippen molar-refractivity contribution >= 4 is 11.8 Å². The Bertz CT molecular complexity index is 226. The third kappa shape index (κ3) is 4.85. The molecule has 2 N–H and O–H groups in total. The first-order chi connectivity index (χ1) is 6.29. The fourth-order valence-electron chi connectivity index (χ4n) is 0.946. The van der Waals surface area contributed by atoms with E-state index in [1.54, 1.807) is 24.3 Å². The second-order valence-corrected chi connectivity index (χ2v) is 4.13. The third-order valence-corrected chi connectivity index (χ3v) is 2.64. The number of nitrogens with two attached hydrogens (primary N) is 1. The average Bonchev–Trinajstić information content (AvgIpc) is 2.14. The van der Waals surface area contributed by atoms with Crippen molar-refractivity contribution in [2.75, 3.05) is 5.75 Å². The van der Waals surface area contributed by atoms with Gasteiger partial charge in [-0.05, 0) is 31.6 Å². The van der Waals surface area contributed by atoms with Crippen LogP contribution in [0.15, 0.2) is 23.6 Å². The maximum absolute atomic E-state index is 5.64. The van der Waals surface area contributed by atoms with Crippen molar-refractivity contribution in [1.82, 2.24) is 9.97 Å². The summed E-state index contributed by atoms with van der Waals surface area (Å²) in [4.78, 5) is 7.97. The molecule has 0 radical (unpaired) electrons. The van der Waals surface area contributed by atoms with Gasteiger partial charge in [0.1, 0.15) is 6.33 Å². The van der Waals surface area contributed by atoms with Gasteiger partial charge in [0.05, 0.1) is 5.03 Å². The molecule has 0 amide bonds. The lowest BCUT2D eigenvalue weighted by molar-refractivity contribution is 0.656. The Morgan fingerprint density at radius 2 is 2.46 bits per heavy atom. The predicted octanol–water partition coefficient (Wildman–Crippen LogP) is 1.70. The lowest BCUT2D eigenvalue weighted by atomic mass is 10.2. The summed E-state index contributed by atoms with van der Waals surface area (Å²) in [5.41, 5.74) is 5.64. The van der Waals surface area contributed by atoms with Gasteiger partial charge in [0.2, 0.25) is 0 Å². The standard InChI is InChI=1S/C9H15N3S/c1-8(10)3-2-6-13-9-4-5-11-7-12-9/h4-5,7-8H,2-3,6,10H2,1H3. The third-order valence-electron chi connectivity index (χ3n) is 1.61. The summed E-state index contributed by atoms with van der Waals surface area (Å²) in [6.07, 6.45) is 5.57. The van der Waals surface area contributed by atoms with Gasteiger partial charge in [-0.15, -0.1) is 11.8 Å². The molecule has 1 unspecified atom stereocenters. The smallest absolute Gasteiger partial charge is 0.116 e. The van der Waals surface area contributed by atoms with Crippen molar-refractivity contribution in [2.24, 2.45) is 5.73 Å². The van der Waals surface area contributed by atoms with Gasteiger partial charge in [0, 0.05) is 12.2 Å². The molecule has 0 aromatic carbocycles. The maximum atomic E-state index is 5.64. The van der Waals surface area contributed by atoms with Gasteiger partial charge >= 0.3 is 0 Å². The highest BCUT2D eigenvalue weighted by atomic mass is 32.2. The van der Waals surface area contributed by atoms with Crippen molar-refractivity contribution in [1.29, 1.82) is 0 Å². The molecule has 0 spiro atoms. The van der Waals surface area contributed by atoms with Gasteiger partial charge in [0.15, 0.2) is 0 Å². The van der Waals surface area contributed by atoms with E-state index >= 15 is 0 Å². The molecule has 0 fully saturated rings. The maximum Gasteiger partial charge on any atom is 0.116 e. The van der Waals surface area contributed by atoms with Crippen LogP contribution in [0.25, 0.3) is 0 Å². The Labute approximate surface area is 83.2 Å². The SMILES string of the molecule is CC(N)CCCSc1ccncn1. The second kappa shape index (κ2) is 5.94. The first-order valence-corrected chi connectivity index (χ1v) is 5.42. The molecule has 0 aliphatic heterocycles. The van der Waals surface area contributed by atoms with Crippen LogP contribution in [0, 0.1) is 0 Å². The summed E-state index contributed by atoms with van der Waals surface area (Å²) < 4.78 is 0. The molecule has 0 aliphatic carbocycles. The van der Waals surface area contributed by atoms with E-state index in [1.165, 1.54) is 0 Å². The summed E-state index contributed by atoms with van der Waals surface area (Å²) in [5, 5.41) is 1.04. The Morgan fingerprint density at radius 1 is 1.62 bits per heavy atom. The zero-order valence-electron chi connectivity index (χ0n) is 7.81. The van der Waals surface area contributed by atoms with Crippen LogP contribution in [0.5, 0.6) is 0 Å². The molecule has 0 saturated carbocycles. The summed E-state index contributed by atoms with van der Waals surface area (Å²) >= 11 is 1.76. The van der Waals surface area contributed by atoms with Gasteiger partial charge in [-0.3, -0.25) is 0 Å². The fraction of sp³-hybridized carbons (Fsp3) is 0.556. The van der Waals surface area contributed by atoms with Gasteiger partial charge in [0.25, 0.3) is 0 Å². The zero-order valence-corrected chi connectivity index (χ0v) is 8.63. The van der Waals surface area contributed by atoms with E-state index in [-0.39, 0.29) is 0 Å². The molecule has 1 heterocycles. The molecular formula is C9H15N3S. The van der Waals surface area contributed by atoms with Gasteiger partial charge in [-0.25, -0.2) is 9.97 Å². The number of hydrogen-bond acceptors (Lipinski definition) is 4. The van der Waals surface area contributed by atoms with E-state index in [0.717, 1.165) is 23.6 Å². The summed E-state index contributed by atoms with van der Waals surface area (Å²) in [5.74, 6) is 1.08. The minimum atomic E-state index is 0.311. The van der Waals surface area contributed by atoms with Crippen LogP contribution in [0.2, 0.25) is 0 Å². The molecule has 3 nitrogen and oxygen atoms in total. The highest BCUT2D eigenvalue weighted by molar-refractivity contribution is 7.99. The molecule has 1 atom stereocenters. The van der Waals surface area contributed by atoms with E-state index < -0.39 is 0 Å². The van der Waals surface area contributed by atoms with Gasteiger partial charge in [-0.2, -0.15) is 0 Å². The van der Waals surface area contributed by atoms with E-state index in [9.17, 15) is 0 Å². The van der Waals surface area contributed by atoms with Gasteiger partial charge in [-0.1, -0.05) is 0 Å². The molecule has 13 heavy (non-hydrogen) atoms. The van der Waals surface area contributed by atoms with Crippen molar-refractivity contribution in [2.45, 2.75) is 30.8 Å². The van der Waals surface area contributed by atoms with Crippen molar-refractivity contribution in [3.63, 3.8) is 0 Å².